The molecule has 0 heterocycles. The normalized spacial score (nSPS) is 11.0. The zero-order valence-corrected chi connectivity index (χ0v) is 12.4. The molecule has 0 fully saturated rings. The SMILES string of the molecule is O=C(O)c1ccc2c(-c3ccc4ccccc4c3)cccc2c1. The van der Waals surface area contributed by atoms with Gasteiger partial charge in [-0.15, -0.1) is 0 Å². The Morgan fingerprint density at radius 1 is 0.696 bits per heavy atom. The molecule has 23 heavy (non-hydrogen) atoms. The van der Waals surface area contributed by atoms with Crippen molar-refractivity contribution < 1.29 is 9.90 Å². The first-order valence-electron chi connectivity index (χ1n) is 7.48. The van der Waals surface area contributed by atoms with Crippen LogP contribution in [-0.4, -0.2) is 11.1 Å². The van der Waals surface area contributed by atoms with Crippen LogP contribution in [0.1, 0.15) is 10.4 Å². The molecule has 0 aliphatic heterocycles. The maximum Gasteiger partial charge on any atom is 0.335 e. The fourth-order valence-electron chi connectivity index (χ4n) is 3.03. The van der Waals surface area contributed by atoms with Crippen LogP contribution in [-0.2, 0) is 0 Å². The monoisotopic (exact) mass is 298 g/mol. The molecule has 2 heteroatoms. The van der Waals surface area contributed by atoms with E-state index >= 15 is 0 Å². The summed E-state index contributed by atoms with van der Waals surface area (Å²) in [5, 5.41) is 13.6. The average molecular weight is 298 g/mol. The van der Waals surface area contributed by atoms with E-state index in [0.717, 1.165) is 21.9 Å². The van der Waals surface area contributed by atoms with Gasteiger partial charge in [-0.1, -0.05) is 60.7 Å². The molecule has 0 saturated heterocycles. The van der Waals surface area contributed by atoms with Crippen molar-refractivity contribution in [3.8, 4) is 11.1 Å². The minimum Gasteiger partial charge on any atom is -0.478 e. The van der Waals surface area contributed by atoms with Crippen molar-refractivity contribution in [2.75, 3.05) is 0 Å². The third-order valence-corrected chi connectivity index (χ3v) is 4.19. The second-order valence-corrected chi connectivity index (χ2v) is 5.61. The number of carbonyl (C=O) groups is 1. The predicted octanol–water partition coefficient (Wildman–Crippen LogP) is 5.36. The zero-order valence-electron chi connectivity index (χ0n) is 12.4. The lowest BCUT2D eigenvalue weighted by atomic mass is 9.95. The topological polar surface area (TPSA) is 37.3 Å². The van der Waals surface area contributed by atoms with Gasteiger partial charge < -0.3 is 5.11 Å². The molecule has 0 radical (unpaired) electrons. The summed E-state index contributed by atoms with van der Waals surface area (Å²) in [5.74, 6) is -0.900. The van der Waals surface area contributed by atoms with Crippen molar-refractivity contribution in [3.63, 3.8) is 0 Å². The summed E-state index contributed by atoms with van der Waals surface area (Å²) in [4.78, 5) is 11.1. The summed E-state index contributed by atoms with van der Waals surface area (Å²) < 4.78 is 0. The molecule has 4 aromatic rings. The second-order valence-electron chi connectivity index (χ2n) is 5.61. The fourth-order valence-corrected chi connectivity index (χ4v) is 3.03. The highest BCUT2D eigenvalue weighted by molar-refractivity contribution is 6.02. The van der Waals surface area contributed by atoms with Crippen molar-refractivity contribution in [1.82, 2.24) is 0 Å². The van der Waals surface area contributed by atoms with Gasteiger partial charge in [0.1, 0.15) is 0 Å². The van der Waals surface area contributed by atoms with Gasteiger partial charge >= 0.3 is 5.97 Å². The number of carboxylic acids is 1. The second kappa shape index (κ2) is 5.25. The molecule has 110 valence electrons. The van der Waals surface area contributed by atoms with Gasteiger partial charge in [0.25, 0.3) is 0 Å². The lowest BCUT2D eigenvalue weighted by molar-refractivity contribution is 0.0697. The number of hydrogen-bond acceptors (Lipinski definition) is 1. The largest absolute Gasteiger partial charge is 0.478 e. The van der Waals surface area contributed by atoms with E-state index < -0.39 is 5.97 Å². The highest BCUT2D eigenvalue weighted by atomic mass is 16.4. The van der Waals surface area contributed by atoms with Gasteiger partial charge in [0, 0.05) is 0 Å². The molecule has 1 N–H and O–H groups in total. The third kappa shape index (κ3) is 2.34. The number of aromatic carboxylic acids is 1. The van der Waals surface area contributed by atoms with E-state index in [9.17, 15) is 4.79 Å². The summed E-state index contributed by atoms with van der Waals surface area (Å²) >= 11 is 0. The van der Waals surface area contributed by atoms with Crippen molar-refractivity contribution in [1.29, 1.82) is 0 Å². The Bertz CT molecular complexity index is 1050. The Balaban J connectivity index is 1.94. The minimum absolute atomic E-state index is 0.313. The highest BCUT2D eigenvalue weighted by Crippen LogP contribution is 2.31. The lowest BCUT2D eigenvalue weighted by Crippen LogP contribution is -1.95. The first kappa shape index (κ1) is 13.5. The van der Waals surface area contributed by atoms with Crippen LogP contribution in [0.25, 0.3) is 32.7 Å². The van der Waals surface area contributed by atoms with Crippen molar-refractivity contribution in [3.05, 3.63) is 84.4 Å². The number of benzene rings is 4. The lowest BCUT2D eigenvalue weighted by Gasteiger charge is -2.09. The molecule has 2 nitrogen and oxygen atoms in total. The van der Waals surface area contributed by atoms with Crippen molar-refractivity contribution in [2.45, 2.75) is 0 Å². The van der Waals surface area contributed by atoms with E-state index in [2.05, 4.69) is 36.4 Å². The molecule has 0 bridgehead atoms. The third-order valence-electron chi connectivity index (χ3n) is 4.19. The van der Waals surface area contributed by atoms with E-state index in [-0.39, 0.29) is 0 Å². The van der Waals surface area contributed by atoms with Crippen molar-refractivity contribution in [2.24, 2.45) is 0 Å². The Kier molecular flexibility index (Phi) is 3.09. The quantitative estimate of drug-likeness (QED) is 0.541. The Morgan fingerprint density at radius 3 is 2.30 bits per heavy atom. The van der Waals surface area contributed by atoms with Gasteiger partial charge in [0.2, 0.25) is 0 Å². The van der Waals surface area contributed by atoms with E-state index in [1.54, 1.807) is 12.1 Å². The molecule has 0 amide bonds. The number of hydrogen-bond donors (Lipinski definition) is 1. The molecular weight excluding hydrogens is 284 g/mol. The van der Waals surface area contributed by atoms with Crippen LogP contribution in [0.3, 0.4) is 0 Å². The summed E-state index contributed by atoms with van der Waals surface area (Å²) in [6, 6.07) is 26.0. The highest BCUT2D eigenvalue weighted by Gasteiger charge is 2.08. The summed E-state index contributed by atoms with van der Waals surface area (Å²) in [6.45, 7) is 0. The average Bonchev–Trinajstić information content (AvgIpc) is 2.60. The van der Waals surface area contributed by atoms with Crippen LogP contribution in [0.5, 0.6) is 0 Å². The molecule has 0 aliphatic rings. The van der Waals surface area contributed by atoms with Crippen LogP contribution in [0.4, 0.5) is 0 Å². The van der Waals surface area contributed by atoms with E-state index in [0.29, 0.717) is 5.56 Å². The van der Waals surface area contributed by atoms with E-state index in [1.165, 1.54) is 10.8 Å². The molecular formula is C21H14O2. The van der Waals surface area contributed by atoms with Crippen LogP contribution in [0.15, 0.2) is 78.9 Å². The maximum atomic E-state index is 11.1. The Morgan fingerprint density at radius 2 is 1.48 bits per heavy atom. The smallest absolute Gasteiger partial charge is 0.335 e. The van der Waals surface area contributed by atoms with Crippen LogP contribution in [0.2, 0.25) is 0 Å². The van der Waals surface area contributed by atoms with Crippen molar-refractivity contribution >= 4 is 27.5 Å². The molecule has 0 spiro atoms. The minimum atomic E-state index is -0.900. The van der Waals surface area contributed by atoms with Gasteiger partial charge in [0.15, 0.2) is 0 Å². The van der Waals surface area contributed by atoms with Crippen LogP contribution < -0.4 is 0 Å². The maximum absolute atomic E-state index is 11.1. The predicted molar refractivity (Wildman–Crippen MR) is 93.8 cm³/mol. The standard InChI is InChI=1S/C21H14O2/c22-21(23)18-10-11-20-16(13-18)6-3-7-19(20)17-9-8-14-4-1-2-5-15(14)12-17/h1-13H,(H,22,23). The number of rotatable bonds is 2. The van der Waals surface area contributed by atoms with Gasteiger partial charge in [0.05, 0.1) is 5.56 Å². The molecule has 4 rings (SSSR count). The fraction of sp³-hybridized carbons (Fsp3) is 0. The van der Waals surface area contributed by atoms with Crippen LogP contribution in [0, 0.1) is 0 Å². The Hall–Kier alpha value is -3.13. The number of fused-ring (bicyclic) bond motifs is 2. The Labute approximate surface area is 133 Å². The first-order valence-corrected chi connectivity index (χ1v) is 7.48. The molecule has 0 saturated carbocycles. The van der Waals surface area contributed by atoms with Gasteiger partial charge in [-0.2, -0.15) is 0 Å². The van der Waals surface area contributed by atoms with Gasteiger partial charge in [-0.05, 0) is 50.9 Å². The number of carboxylic acid groups (broad SMARTS) is 1. The van der Waals surface area contributed by atoms with Crippen LogP contribution >= 0.6 is 0 Å². The zero-order chi connectivity index (χ0) is 15.8. The molecule has 0 aliphatic carbocycles. The summed E-state index contributed by atoms with van der Waals surface area (Å²) in [5.41, 5.74) is 2.57. The molecule has 0 atom stereocenters. The van der Waals surface area contributed by atoms with Gasteiger partial charge in [-0.3, -0.25) is 0 Å². The molecule has 0 aromatic heterocycles. The van der Waals surface area contributed by atoms with Gasteiger partial charge in [-0.25, -0.2) is 4.79 Å². The molecule has 0 unspecified atom stereocenters. The molecule has 4 aromatic carbocycles. The van der Waals surface area contributed by atoms with E-state index in [1.807, 2.05) is 30.3 Å². The summed E-state index contributed by atoms with van der Waals surface area (Å²) in [7, 11) is 0. The van der Waals surface area contributed by atoms with E-state index in [4.69, 9.17) is 5.11 Å². The first-order chi connectivity index (χ1) is 11.2. The summed E-state index contributed by atoms with van der Waals surface area (Å²) in [6.07, 6.45) is 0.